The number of aliphatic hydroxyl groups excluding tert-OH is 1. The van der Waals surface area contributed by atoms with E-state index < -0.39 is 6.10 Å². The van der Waals surface area contributed by atoms with Crippen molar-refractivity contribution in [3.05, 3.63) is 18.1 Å². The maximum atomic E-state index is 9.88. The Morgan fingerprint density at radius 3 is 3.00 bits per heavy atom. The smallest absolute Gasteiger partial charge is 0.237 e. The molecule has 0 bridgehead atoms. The maximum absolute atomic E-state index is 9.88. The molecule has 21 heavy (non-hydrogen) atoms. The minimum absolute atomic E-state index is 0.0200. The van der Waals surface area contributed by atoms with Gasteiger partial charge >= 0.3 is 0 Å². The average molecular weight is 296 g/mol. The highest BCUT2D eigenvalue weighted by molar-refractivity contribution is 5.21. The summed E-state index contributed by atoms with van der Waals surface area (Å²) in [6.07, 6.45) is 2.63. The van der Waals surface area contributed by atoms with Gasteiger partial charge in [-0.25, -0.2) is 4.98 Å². The molecule has 7 nitrogen and oxygen atoms in total. The van der Waals surface area contributed by atoms with Gasteiger partial charge in [0, 0.05) is 31.5 Å². The van der Waals surface area contributed by atoms with E-state index in [9.17, 15) is 5.11 Å². The molecule has 1 saturated heterocycles. The SMILES string of the molecule is CC(C)NCC(O)COc1nccnc1C1COCCN1. The van der Waals surface area contributed by atoms with E-state index in [0.717, 1.165) is 12.2 Å². The van der Waals surface area contributed by atoms with Gasteiger partial charge in [0.2, 0.25) is 5.88 Å². The number of nitrogens with zero attached hydrogens (tertiary/aromatic N) is 2. The Kier molecular flexibility index (Phi) is 6.31. The van der Waals surface area contributed by atoms with E-state index in [1.54, 1.807) is 12.4 Å². The van der Waals surface area contributed by atoms with Gasteiger partial charge in [-0.1, -0.05) is 13.8 Å². The number of aliphatic hydroxyl groups is 1. The second kappa shape index (κ2) is 8.23. The fourth-order valence-electron chi connectivity index (χ4n) is 2.03. The van der Waals surface area contributed by atoms with Crippen molar-refractivity contribution in [2.24, 2.45) is 0 Å². The molecule has 2 atom stereocenters. The largest absolute Gasteiger partial charge is 0.474 e. The summed E-state index contributed by atoms with van der Waals surface area (Å²) in [5.74, 6) is 0.448. The third-order valence-electron chi connectivity index (χ3n) is 3.12. The Hall–Kier alpha value is -1.28. The topological polar surface area (TPSA) is 88.5 Å². The zero-order chi connectivity index (χ0) is 15.1. The van der Waals surface area contributed by atoms with E-state index in [1.807, 2.05) is 13.8 Å². The molecule has 1 aromatic heterocycles. The van der Waals surface area contributed by atoms with Crippen molar-refractivity contribution < 1.29 is 14.6 Å². The standard InChI is InChI=1S/C14H24N4O3/c1-10(2)18-7-11(19)8-21-14-13(16-3-4-17-14)12-9-20-6-5-15-12/h3-4,10-12,15,18-19H,5-9H2,1-2H3. The van der Waals surface area contributed by atoms with E-state index in [-0.39, 0.29) is 12.6 Å². The van der Waals surface area contributed by atoms with Gasteiger partial charge in [-0.05, 0) is 0 Å². The second-order valence-electron chi connectivity index (χ2n) is 5.36. The van der Waals surface area contributed by atoms with Crippen LogP contribution < -0.4 is 15.4 Å². The Bertz CT molecular complexity index is 424. The maximum Gasteiger partial charge on any atom is 0.237 e. The molecule has 1 aliphatic rings. The summed E-state index contributed by atoms with van der Waals surface area (Å²) < 4.78 is 11.1. The van der Waals surface area contributed by atoms with Crippen LogP contribution in [0.4, 0.5) is 0 Å². The van der Waals surface area contributed by atoms with Crippen molar-refractivity contribution in [1.29, 1.82) is 0 Å². The zero-order valence-electron chi connectivity index (χ0n) is 12.6. The van der Waals surface area contributed by atoms with Crippen LogP contribution in [-0.2, 0) is 4.74 Å². The fraction of sp³-hybridized carbons (Fsp3) is 0.714. The highest BCUT2D eigenvalue weighted by atomic mass is 16.5. The number of hydrogen-bond donors (Lipinski definition) is 3. The van der Waals surface area contributed by atoms with Gasteiger partial charge in [0.15, 0.2) is 0 Å². The van der Waals surface area contributed by atoms with Crippen LogP contribution in [0.3, 0.4) is 0 Å². The predicted molar refractivity (Wildman–Crippen MR) is 78.2 cm³/mol. The molecule has 7 heteroatoms. The van der Waals surface area contributed by atoms with Crippen LogP contribution >= 0.6 is 0 Å². The number of ether oxygens (including phenoxy) is 2. The van der Waals surface area contributed by atoms with E-state index >= 15 is 0 Å². The number of rotatable bonds is 7. The Labute approximate surface area is 125 Å². The molecule has 1 fully saturated rings. The van der Waals surface area contributed by atoms with Gasteiger partial charge in [-0.3, -0.25) is 4.98 Å². The summed E-state index contributed by atoms with van der Waals surface area (Å²) in [6, 6.07) is 0.309. The van der Waals surface area contributed by atoms with Gasteiger partial charge in [-0.2, -0.15) is 0 Å². The van der Waals surface area contributed by atoms with Crippen LogP contribution in [0.25, 0.3) is 0 Å². The first-order valence-corrected chi connectivity index (χ1v) is 7.33. The summed E-state index contributed by atoms with van der Waals surface area (Å²) in [4.78, 5) is 8.54. The molecule has 0 saturated carbocycles. The molecule has 0 aliphatic carbocycles. The van der Waals surface area contributed by atoms with Crippen molar-refractivity contribution in [1.82, 2.24) is 20.6 Å². The van der Waals surface area contributed by atoms with Crippen LogP contribution in [0, 0.1) is 0 Å². The monoisotopic (exact) mass is 296 g/mol. The van der Waals surface area contributed by atoms with Crippen molar-refractivity contribution in [2.45, 2.75) is 32.0 Å². The van der Waals surface area contributed by atoms with Crippen molar-refractivity contribution in [2.75, 3.05) is 32.9 Å². The minimum atomic E-state index is -0.585. The Morgan fingerprint density at radius 2 is 2.29 bits per heavy atom. The predicted octanol–water partition coefficient (Wildman–Crippen LogP) is -0.125. The van der Waals surface area contributed by atoms with E-state index in [2.05, 4.69) is 20.6 Å². The molecule has 1 aliphatic heterocycles. The number of nitrogens with one attached hydrogen (secondary N) is 2. The minimum Gasteiger partial charge on any atom is -0.474 e. The van der Waals surface area contributed by atoms with Gasteiger partial charge in [0.05, 0.1) is 19.3 Å². The number of aromatic nitrogens is 2. The molecule has 1 aromatic rings. The van der Waals surface area contributed by atoms with Crippen LogP contribution in [0.2, 0.25) is 0 Å². The Balaban J connectivity index is 1.90. The van der Waals surface area contributed by atoms with Crippen molar-refractivity contribution in [3.63, 3.8) is 0 Å². The molecule has 0 spiro atoms. The summed E-state index contributed by atoms with van der Waals surface area (Å²) in [6.45, 7) is 6.75. The van der Waals surface area contributed by atoms with E-state index in [0.29, 0.717) is 31.7 Å². The fourth-order valence-corrected chi connectivity index (χ4v) is 2.03. The molecule has 3 N–H and O–H groups in total. The molecule has 2 unspecified atom stereocenters. The van der Waals surface area contributed by atoms with E-state index in [1.165, 1.54) is 0 Å². The number of hydrogen-bond acceptors (Lipinski definition) is 7. The first-order valence-electron chi connectivity index (χ1n) is 7.33. The molecule has 2 heterocycles. The van der Waals surface area contributed by atoms with Gasteiger partial charge in [0.25, 0.3) is 0 Å². The lowest BCUT2D eigenvalue weighted by molar-refractivity contribution is 0.0714. The van der Waals surface area contributed by atoms with Gasteiger partial charge in [0.1, 0.15) is 18.4 Å². The second-order valence-corrected chi connectivity index (χ2v) is 5.36. The molecule has 118 valence electrons. The van der Waals surface area contributed by atoms with Crippen molar-refractivity contribution >= 4 is 0 Å². The molecular formula is C14H24N4O3. The third-order valence-corrected chi connectivity index (χ3v) is 3.12. The van der Waals surface area contributed by atoms with Crippen LogP contribution in [0.15, 0.2) is 12.4 Å². The third kappa shape index (κ3) is 5.20. The van der Waals surface area contributed by atoms with Gasteiger partial charge in [-0.15, -0.1) is 0 Å². The molecule has 2 rings (SSSR count). The number of morpholine rings is 1. The molecule has 0 aromatic carbocycles. The zero-order valence-corrected chi connectivity index (χ0v) is 12.6. The molecular weight excluding hydrogens is 272 g/mol. The lowest BCUT2D eigenvalue weighted by atomic mass is 10.2. The quantitative estimate of drug-likeness (QED) is 0.646. The lowest BCUT2D eigenvalue weighted by Crippen LogP contribution is -2.37. The normalized spacial score (nSPS) is 20.5. The van der Waals surface area contributed by atoms with E-state index in [4.69, 9.17) is 9.47 Å². The molecule has 0 radical (unpaired) electrons. The average Bonchev–Trinajstić information content (AvgIpc) is 2.52. The highest BCUT2D eigenvalue weighted by Crippen LogP contribution is 2.21. The van der Waals surface area contributed by atoms with Crippen LogP contribution in [-0.4, -0.2) is 60.1 Å². The molecule has 0 amide bonds. The summed E-state index contributed by atoms with van der Waals surface area (Å²) >= 11 is 0. The lowest BCUT2D eigenvalue weighted by Gasteiger charge is -2.24. The van der Waals surface area contributed by atoms with Gasteiger partial charge < -0.3 is 25.2 Å². The summed E-state index contributed by atoms with van der Waals surface area (Å²) in [5, 5.41) is 16.4. The van der Waals surface area contributed by atoms with Crippen molar-refractivity contribution in [3.8, 4) is 5.88 Å². The summed E-state index contributed by atoms with van der Waals surface area (Å²) in [5.41, 5.74) is 0.723. The van der Waals surface area contributed by atoms with Crippen LogP contribution in [0.1, 0.15) is 25.6 Å². The first-order chi connectivity index (χ1) is 10.2. The Morgan fingerprint density at radius 1 is 1.48 bits per heavy atom. The van der Waals surface area contributed by atoms with Crippen LogP contribution in [0.5, 0.6) is 5.88 Å². The summed E-state index contributed by atoms with van der Waals surface area (Å²) in [7, 11) is 0. The highest BCUT2D eigenvalue weighted by Gasteiger charge is 2.22. The first kappa shape index (κ1) is 16.1.